The van der Waals surface area contributed by atoms with Gasteiger partial charge in [-0.25, -0.2) is 4.98 Å². The molecule has 0 aliphatic carbocycles. The summed E-state index contributed by atoms with van der Waals surface area (Å²) in [6.07, 6.45) is 1.58. The second kappa shape index (κ2) is 7.51. The van der Waals surface area contributed by atoms with E-state index in [1.165, 1.54) is 0 Å². The predicted octanol–water partition coefficient (Wildman–Crippen LogP) is 4.13. The van der Waals surface area contributed by atoms with Gasteiger partial charge in [-0.3, -0.25) is 9.78 Å². The third kappa shape index (κ3) is 4.14. The van der Waals surface area contributed by atoms with E-state index in [0.29, 0.717) is 11.4 Å². The second-order valence-electron chi connectivity index (χ2n) is 4.92. The van der Waals surface area contributed by atoms with Gasteiger partial charge in [0, 0.05) is 17.5 Å². The summed E-state index contributed by atoms with van der Waals surface area (Å²) in [7, 11) is 0. The van der Waals surface area contributed by atoms with Crippen molar-refractivity contribution in [3.63, 3.8) is 0 Å². The maximum Gasteiger partial charge on any atom is 0.258 e. The monoisotopic (exact) mass is 325 g/mol. The molecule has 0 radical (unpaired) electrons. The number of hydrogen-bond donors (Lipinski definition) is 1. The molecule has 1 aromatic carbocycles. The van der Waals surface area contributed by atoms with E-state index in [9.17, 15) is 4.79 Å². The normalized spacial score (nSPS) is 9.78. The van der Waals surface area contributed by atoms with Gasteiger partial charge >= 0.3 is 0 Å². The summed E-state index contributed by atoms with van der Waals surface area (Å²) >= 11 is 0. The summed E-state index contributed by atoms with van der Waals surface area (Å²) in [5.74, 6) is 0.322. The number of carbonyl (C=O) groups is 1. The number of hydrogen-bond acceptors (Lipinski definition) is 3. The first kappa shape index (κ1) is 16.6. The number of carbonyl (C=O) groups excluding carboxylic acids is 1. The Morgan fingerprint density at radius 3 is 2.39 bits per heavy atom. The quantitative estimate of drug-likeness (QED) is 0.788. The summed E-state index contributed by atoms with van der Waals surface area (Å²) < 4.78 is 0. The first-order valence-electron chi connectivity index (χ1n) is 6.99. The van der Waals surface area contributed by atoms with Gasteiger partial charge in [-0.1, -0.05) is 36.4 Å². The van der Waals surface area contributed by atoms with Crippen LogP contribution in [0, 0.1) is 6.92 Å². The molecule has 0 saturated heterocycles. The molecule has 2 aromatic heterocycles. The number of halogens is 1. The number of aryl methyl sites for hydroxylation is 1. The lowest BCUT2D eigenvalue weighted by Crippen LogP contribution is -2.13. The van der Waals surface area contributed by atoms with Crippen LogP contribution in [0.5, 0.6) is 0 Å². The summed E-state index contributed by atoms with van der Waals surface area (Å²) in [4.78, 5) is 20.8. The van der Waals surface area contributed by atoms with Gasteiger partial charge in [-0.2, -0.15) is 0 Å². The van der Waals surface area contributed by atoms with Crippen LogP contribution in [-0.2, 0) is 0 Å². The van der Waals surface area contributed by atoms with Gasteiger partial charge in [0.05, 0.1) is 11.3 Å². The van der Waals surface area contributed by atoms with Crippen LogP contribution in [0.25, 0.3) is 11.3 Å². The number of aromatic nitrogens is 2. The average molecular weight is 326 g/mol. The van der Waals surface area contributed by atoms with E-state index in [4.69, 9.17) is 0 Å². The molecule has 0 unspecified atom stereocenters. The van der Waals surface area contributed by atoms with Crippen LogP contribution in [0.15, 0.2) is 66.9 Å². The van der Waals surface area contributed by atoms with Crippen molar-refractivity contribution in [1.82, 2.24) is 9.97 Å². The standard InChI is InChI=1S/C18H15N3O.ClH/c1-13-6-5-9-17(20-13)21-18(22)15-10-11-16(19-12-15)14-7-3-2-4-8-14;/h2-12H,1H3,(H,20,21,22);1H. The molecule has 0 aliphatic rings. The summed E-state index contributed by atoms with van der Waals surface area (Å²) in [5, 5.41) is 2.77. The van der Waals surface area contributed by atoms with Crippen molar-refractivity contribution in [2.45, 2.75) is 6.92 Å². The number of rotatable bonds is 3. The van der Waals surface area contributed by atoms with Gasteiger partial charge in [-0.15, -0.1) is 12.4 Å². The van der Waals surface area contributed by atoms with Gasteiger partial charge in [0.2, 0.25) is 0 Å². The number of benzene rings is 1. The van der Waals surface area contributed by atoms with E-state index in [0.717, 1.165) is 17.0 Å². The van der Waals surface area contributed by atoms with Crippen molar-refractivity contribution >= 4 is 24.1 Å². The third-order valence-corrected chi connectivity index (χ3v) is 3.23. The lowest BCUT2D eigenvalue weighted by molar-refractivity contribution is 0.102. The molecule has 5 heteroatoms. The lowest BCUT2D eigenvalue weighted by atomic mass is 10.1. The summed E-state index contributed by atoms with van der Waals surface area (Å²) in [5.41, 5.74) is 3.22. The van der Waals surface area contributed by atoms with Gasteiger partial charge in [0.15, 0.2) is 0 Å². The fourth-order valence-corrected chi connectivity index (χ4v) is 2.11. The maximum absolute atomic E-state index is 12.2. The summed E-state index contributed by atoms with van der Waals surface area (Å²) in [6.45, 7) is 1.88. The number of nitrogens with one attached hydrogen (secondary N) is 1. The highest BCUT2D eigenvalue weighted by Gasteiger charge is 2.08. The van der Waals surface area contributed by atoms with Crippen LogP contribution < -0.4 is 5.32 Å². The van der Waals surface area contributed by atoms with Crippen molar-refractivity contribution in [1.29, 1.82) is 0 Å². The molecule has 0 fully saturated rings. The zero-order valence-corrected chi connectivity index (χ0v) is 13.4. The molecule has 1 N–H and O–H groups in total. The Morgan fingerprint density at radius 2 is 1.74 bits per heavy atom. The zero-order valence-electron chi connectivity index (χ0n) is 12.6. The van der Waals surface area contributed by atoms with E-state index in [1.54, 1.807) is 18.3 Å². The molecule has 1 amide bonds. The van der Waals surface area contributed by atoms with Crippen LogP contribution in [0.1, 0.15) is 16.1 Å². The molecule has 23 heavy (non-hydrogen) atoms. The van der Waals surface area contributed by atoms with Gasteiger partial charge < -0.3 is 5.32 Å². The molecule has 3 aromatic rings. The van der Waals surface area contributed by atoms with E-state index >= 15 is 0 Å². The number of amides is 1. The topological polar surface area (TPSA) is 54.9 Å². The van der Waals surface area contributed by atoms with Crippen molar-refractivity contribution in [3.8, 4) is 11.3 Å². The Kier molecular flexibility index (Phi) is 5.44. The number of nitrogens with zero attached hydrogens (tertiary/aromatic N) is 2. The smallest absolute Gasteiger partial charge is 0.258 e. The first-order valence-corrected chi connectivity index (χ1v) is 6.99. The van der Waals surface area contributed by atoms with Crippen molar-refractivity contribution in [2.75, 3.05) is 5.32 Å². The van der Waals surface area contributed by atoms with Gasteiger partial charge in [0.1, 0.15) is 5.82 Å². The molecular formula is C18H16ClN3O. The van der Waals surface area contributed by atoms with Crippen LogP contribution >= 0.6 is 12.4 Å². The Labute approximate surface area is 141 Å². The van der Waals surface area contributed by atoms with Gasteiger partial charge in [-0.05, 0) is 31.2 Å². The fourth-order valence-electron chi connectivity index (χ4n) is 2.11. The highest BCUT2D eigenvalue weighted by molar-refractivity contribution is 6.03. The average Bonchev–Trinajstić information content (AvgIpc) is 2.56. The predicted molar refractivity (Wildman–Crippen MR) is 93.8 cm³/mol. The molecule has 4 nitrogen and oxygen atoms in total. The van der Waals surface area contributed by atoms with Crippen LogP contribution in [-0.4, -0.2) is 15.9 Å². The lowest BCUT2D eigenvalue weighted by Gasteiger charge is -2.06. The largest absolute Gasteiger partial charge is 0.307 e. The molecule has 3 rings (SSSR count). The highest BCUT2D eigenvalue weighted by atomic mass is 35.5. The second-order valence-corrected chi connectivity index (χ2v) is 4.92. The Bertz CT molecular complexity index is 789. The van der Waals surface area contributed by atoms with Crippen molar-refractivity contribution < 1.29 is 4.79 Å². The first-order chi connectivity index (χ1) is 10.7. The highest BCUT2D eigenvalue weighted by Crippen LogP contribution is 2.16. The van der Waals surface area contributed by atoms with Gasteiger partial charge in [0.25, 0.3) is 5.91 Å². The molecule has 0 aliphatic heterocycles. The fraction of sp³-hybridized carbons (Fsp3) is 0.0556. The zero-order chi connectivity index (χ0) is 15.4. The van der Waals surface area contributed by atoms with Crippen molar-refractivity contribution in [2.24, 2.45) is 0 Å². The number of anilines is 1. The Balaban J connectivity index is 0.00000192. The van der Waals surface area contributed by atoms with Crippen LogP contribution in [0.3, 0.4) is 0 Å². The molecule has 2 heterocycles. The van der Waals surface area contributed by atoms with E-state index < -0.39 is 0 Å². The molecule has 0 saturated carbocycles. The van der Waals surface area contributed by atoms with E-state index in [1.807, 2.05) is 55.5 Å². The third-order valence-electron chi connectivity index (χ3n) is 3.23. The van der Waals surface area contributed by atoms with Crippen molar-refractivity contribution in [3.05, 3.63) is 78.1 Å². The molecule has 0 spiro atoms. The SMILES string of the molecule is Cc1cccc(NC(=O)c2ccc(-c3ccccc3)nc2)n1.Cl. The molecular weight excluding hydrogens is 310 g/mol. The Hall–Kier alpha value is -2.72. The maximum atomic E-state index is 12.2. The minimum atomic E-state index is -0.217. The van der Waals surface area contributed by atoms with E-state index in [2.05, 4.69) is 15.3 Å². The minimum absolute atomic E-state index is 0. The van der Waals surface area contributed by atoms with Crippen LogP contribution in [0.2, 0.25) is 0 Å². The molecule has 0 bridgehead atoms. The van der Waals surface area contributed by atoms with E-state index in [-0.39, 0.29) is 18.3 Å². The Morgan fingerprint density at radius 1 is 0.957 bits per heavy atom. The summed E-state index contributed by atoms with van der Waals surface area (Å²) in [6, 6.07) is 18.9. The molecule has 0 atom stereocenters. The minimum Gasteiger partial charge on any atom is -0.307 e. The van der Waals surface area contributed by atoms with Crippen LogP contribution in [0.4, 0.5) is 5.82 Å². The molecule has 116 valence electrons. The number of pyridine rings is 2.